The van der Waals surface area contributed by atoms with E-state index in [9.17, 15) is 4.79 Å². The number of nitrogens with one attached hydrogen (secondary N) is 1. The number of amides is 1. The Morgan fingerprint density at radius 3 is 2.70 bits per heavy atom. The van der Waals surface area contributed by atoms with Crippen LogP contribution in [0.1, 0.15) is 38.3 Å². The van der Waals surface area contributed by atoms with Gasteiger partial charge in [0.1, 0.15) is 0 Å². The third-order valence-corrected chi connectivity index (χ3v) is 4.59. The van der Waals surface area contributed by atoms with E-state index in [0.717, 1.165) is 28.5 Å². The molecule has 0 saturated heterocycles. The van der Waals surface area contributed by atoms with Crippen molar-refractivity contribution in [2.45, 2.75) is 33.6 Å². The van der Waals surface area contributed by atoms with Crippen molar-refractivity contribution in [3.8, 4) is 0 Å². The van der Waals surface area contributed by atoms with Crippen LogP contribution in [0, 0.1) is 0 Å². The van der Waals surface area contributed by atoms with Gasteiger partial charge in [0.25, 0.3) is 0 Å². The highest BCUT2D eigenvalue weighted by molar-refractivity contribution is 8.11. The van der Waals surface area contributed by atoms with Crippen molar-refractivity contribution in [3.63, 3.8) is 0 Å². The summed E-state index contributed by atoms with van der Waals surface area (Å²) < 4.78 is 0. The average molecular weight is 308 g/mol. The van der Waals surface area contributed by atoms with Crippen LogP contribution < -0.4 is 5.32 Å². The maximum absolute atomic E-state index is 11.3. The van der Waals surface area contributed by atoms with Crippen molar-refractivity contribution in [1.29, 1.82) is 0 Å². The number of benzene rings is 1. The van der Waals surface area contributed by atoms with Gasteiger partial charge in [0.05, 0.1) is 5.03 Å². The number of halogens is 1. The molecule has 0 unspecified atom stereocenters. The predicted octanol–water partition coefficient (Wildman–Crippen LogP) is 4.75. The predicted molar refractivity (Wildman–Crippen MR) is 87.5 cm³/mol. The Hall–Kier alpha value is -1.19. The molecule has 0 atom stereocenters. The van der Waals surface area contributed by atoms with Gasteiger partial charge in [-0.1, -0.05) is 35.5 Å². The molecule has 0 fully saturated rings. The Labute approximate surface area is 129 Å². The molecular formula is C16H18ClNOS. The van der Waals surface area contributed by atoms with Gasteiger partial charge < -0.3 is 5.32 Å². The van der Waals surface area contributed by atoms with Crippen molar-refractivity contribution in [1.82, 2.24) is 5.32 Å². The van der Waals surface area contributed by atoms with Gasteiger partial charge in [-0.15, -0.1) is 0 Å². The second kappa shape index (κ2) is 6.51. The zero-order chi connectivity index (χ0) is 14.7. The molecule has 1 amide bonds. The standard InChI is InChI=1S/C16H18ClNOS/c1-10(2)16(18-11(3)19)20-15-6-4-5-12-9-13(17)7-8-14(12)15/h6-9H,4-5H2,1-3H3,(H,18,19). The van der Waals surface area contributed by atoms with Crippen LogP contribution >= 0.6 is 23.4 Å². The number of hydrogen-bond donors (Lipinski definition) is 1. The number of carbonyl (C=O) groups excluding carboxylic acids is 1. The Morgan fingerprint density at radius 1 is 1.30 bits per heavy atom. The van der Waals surface area contributed by atoms with E-state index in [1.807, 2.05) is 26.0 Å². The fraction of sp³-hybridized carbons (Fsp3) is 0.312. The average Bonchev–Trinajstić information content (AvgIpc) is 2.37. The SMILES string of the molecule is CC(=O)NC(SC1=CCCc2cc(Cl)ccc21)=C(C)C. The van der Waals surface area contributed by atoms with Gasteiger partial charge in [0.15, 0.2) is 0 Å². The van der Waals surface area contributed by atoms with E-state index in [4.69, 9.17) is 11.6 Å². The lowest BCUT2D eigenvalue weighted by molar-refractivity contribution is -0.118. The quantitative estimate of drug-likeness (QED) is 0.873. The molecule has 0 spiro atoms. The van der Waals surface area contributed by atoms with Crippen LogP contribution in [0.25, 0.3) is 4.91 Å². The third kappa shape index (κ3) is 3.68. The molecule has 2 nitrogen and oxygen atoms in total. The topological polar surface area (TPSA) is 29.1 Å². The first kappa shape index (κ1) is 15.2. The first-order valence-electron chi connectivity index (χ1n) is 6.59. The van der Waals surface area contributed by atoms with Gasteiger partial charge in [-0.25, -0.2) is 0 Å². The maximum Gasteiger partial charge on any atom is 0.221 e. The van der Waals surface area contributed by atoms with E-state index in [0.29, 0.717) is 0 Å². The van der Waals surface area contributed by atoms with Crippen molar-refractivity contribution in [2.75, 3.05) is 0 Å². The van der Waals surface area contributed by atoms with Crippen LogP contribution in [-0.2, 0) is 11.2 Å². The lowest BCUT2D eigenvalue weighted by atomic mass is 9.97. The maximum atomic E-state index is 11.3. The smallest absolute Gasteiger partial charge is 0.221 e. The first-order valence-corrected chi connectivity index (χ1v) is 7.78. The summed E-state index contributed by atoms with van der Waals surface area (Å²) in [7, 11) is 0. The molecule has 0 radical (unpaired) electrons. The molecule has 0 heterocycles. The van der Waals surface area contributed by atoms with Crippen molar-refractivity contribution in [2.24, 2.45) is 0 Å². The van der Waals surface area contributed by atoms with E-state index in [1.54, 1.807) is 11.8 Å². The largest absolute Gasteiger partial charge is 0.321 e. The summed E-state index contributed by atoms with van der Waals surface area (Å²) in [5.41, 5.74) is 3.60. The molecule has 1 aromatic carbocycles. The third-order valence-electron chi connectivity index (χ3n) is 3.03. The number of allylic oxidation sites excluding steroid dienone is 2. The summed E-state index contributed by atoms with van der Waals surface area (Å²) in [4.78, 5) is 12.5. The molecular weight excluding hydrogens is 290 g/mol. The Balaban J connectivity index is 2.28. The highest BCUT2D eigenvalue weighted by Crippen LogP contribution is 2.39. The zero-order valence-corrected chi connectivity index (χ0v) is 13.5. The summed E-state index contributed by atoms with van der Waals surface area (Å²) in [5.74, 6) is -0.0403. The Kier molecular flexibility index (Phi) is 4.95. The Bertz CT molecular complexity index is 600. The van der Waals surface area contributed by atoms with Crippen molar-refractivity contribution in [3.05, 3.63) is 51.0 Å². The molecule has 2 rings (SSSR count). The highest BCUT2D eigenvalue weighted by atomic mass is 35.5. The van der Waals surface area contributed by atoms with Crippen LogP contribution in [0.4, 0.5) is 0 Å². The second-order valence-corrected chi connectivity index (χ2v) is 6.51. The van der Waals surface area contributed by atoms with E-state index < -0.39 is 0 Å². The van der Waals surface area contributed by atoms with E-state index in [2.05, 4.69) is 17.5 Å². The number of rotatable bonds is 3. The fourth-order valence-corrected chi connectivity index (χ4v) is 3.42. The molecule has 1 N–H and O–H groups in total. The molecule has 1 aromatic rings. The molecule has 20 heavy (non-hydrogen) atoms. The minimum absolute atomic E-state index is 0.0403. The van der Waals surface area contributed by atoms with Crippen molar-refractivity contribution < 1.29 is 4.79 Å². The number of carbonyl (C=O) groups is 1. The highest BCUT2D eigenvalue weighted by Gasteiger charge is 2.16. The molecule has 1 aliphatic carbocycles. The zero-order valence-electron chi connectivity index (χ0n) is 11.9. The van der Waals surface area contributed by atoms with Crippen molar-refractivity contribution >= 4 is 34.2 Å². The molecule has 0 bridgehead atoms. The lowest BCUT2D eigenvalue weighted by Crippen LogP contribution is -2.18. The fourth-order valence-electron chi connectivity index (χ4n) is 2.10. The second-order valence-electron chi connectivity index (χ2n) is 5.02. The minimum atomic E-state index is -0.0403. The summed E-state index contributed by atoms with van der Waals surface area (Å²) in [5, 5.41) is 4.59. The number of fused-ring (bicyclic) bond motifs is 1. The van der Waals surface area contributed by atoms with Crippen LogP contribution in [-0.4, -0.2) is 5.91 Å². The molecule has 4 heteroatoms. The summed E-state index contributed by atoms with van der Waals surface area (Å²) in [6.45, 7) is 5.54. The molecule has 106 valence electrons. The van der Waals surface area contributed by atoms with Gasteiger partial charge in [0.2, 0.25) is 5.91 Å². The molecule has 0 aromatic heterocycles. The number of aryl methyl sites for hydroxylation is 1. The summed E-state index contributed by atoms with van der Waals surface area (Å²) in [6, 6.07) is 6.01. The lowest BCUT2D eigenvalue weighted by Gasteiger charge is -2.19. The first-order chi connectivity index (χ1) is 9.47. The van der Waals surface area contributed by atoms with Crippen LogP contribution in [0.2, 0.25) is 5.02 Å². The Morgan fingerprint density at radius 2 is 2.05 bits per heavy atom. The monoisotopic (exact) mass is 307 g/mol. The van der Waals surface area contributed by atoms with Gasteiger partial charge in [-0.05, 0) is 55.5 Å². The number of thioether (sulfide) groups is 1. The van der Waals surface area contributed by atoms with E-state index >= 15 is 0 Å². The molecule has 0 aliphatic heterocycles. The van der Waals surface area contributed by atoms with Crippen LogP contribution in [0.5, 0.6) is 0 Å². The minimum Gasteiger partial charge on any atom is -0.321 e. The normalized spacial score (nSPS) is 13.3. The van der Waals surface area contributed by atoms with E-state index in [-0.39, 0.29) is 5.91 Å². The van der Waals surface area contributed by atoms with E-state index in [1.165, 1.54) is 23.0 Å². The van der Waals surface area contributed by atoms with Gasteiger partial charge in [-0.2, -0.15) is 0 Å². The molecule has 1 aliphatic rings. The molecule has 0 saturated carbocycles. The van der Waals surface area contributed by atoms with Crippen LogP contribution in [0.15, 0.2) is 34.9 Å². The summed E-state index contributed by atoms with van der Waals surface area (Å²) in [6.07, 6.45) is 4.25. The van der Waals surface area contributed by atoms with Gasteiger partial charge in [0, 0.05) is 16.9 Å². The van der Waals surface area contributed by atoms with Gasteiger partial charge in [-0.3, -0.25) is 4.79 Å². The van der Waals surface area contributed by atoms with Crippen LogP contribution in [0.3, 0.4) is 0 Å². The number of hydrogen-bond acceptors (Lipinski definition) is 2. The van der Waals surface area contributed by atoms with Gasteiger partial charge >= 0.3 is 0 Å². The summed E-state index contributed by atoms with van der Waals surface area (Å²) >= 11 is 7.67.